The van der Waals surface area contributed by atoms with Crippen LogP contribution < -0.4 is 30.0 Å². The molecule has 6 rings (SSSR count). The molecule has 0 saturated carbocycles. The van der Waals surface area contributed by atoms with E-state index < -0.39 is 0 Å². The summed E-state index contributed by atoms with van der Waals surface area (Å²) in [4.78, 5) is 32.1. The normalized spacial score (nSPS) is 20.1. The quantitative estimate of drug-likeness (QED) is 0.621. The van der Waals surface area contributed by atoms with Gasteiger partial charge in [0.2, 0.25) is 5.75 Å². The average molecular weight is 475 g/mol. The third kappa shape index (κ3) is 3.96. The zero-order valence-corrected chi connectivity index (χ0v) is 19.4. The highest BCUT2D eigenvalue weighted by Gasteiger charge is 2.35. The van der Waals surface area contributed by atoms with Gasteiger partial charge in [-0.1, -0.05) is 6.07 Å². The van der Waals surface area contributed by atoms with Crippen molar-refractivity contribution in [2.75, 3.05) is 43.6 Å². The Bertz CT molecular complexity index is 1320. The van der Waals surface area contributed by atoms with Gasteiger partial charge in [-0.2, -0.15) is 0 Å². The Hall–Kier alpha value is -4.01. The predicted molar refractivity (Wildman–Crippen MR) is 130 cm³/mol. The molecule has 0 spiro atoms. The van der Waals surface area contributed by atoms with Crippen molar-refractivity contribution in [3.8, 4) is 17.2 Å². The fourth-order valence-electron chi connectivity index (χ4n) is 5.34. The number of pyridine rings is 2. The summed E-state index contributed by atoms with van der Waals surface area (Å²) in [6.07, 6.45) is 2.76. The van der Waals surface area contributed by atoms with Gasteiger partial charge in [0.05, 0.1) is 19.0 Å². The number of piperidine rings is 1. The van der Waals surface area contributed by atoms with E-state index in [1.165, 1.54) is 7.11 Å². The first-order valence-electron chi connectivity index (χ1n) is 11.8. The summed E-state index contributed by atoms with van der Waals surface area (Å²) in [5.74, 6) is 2.76. The minimum atomic E-state index is -0.288. The highest BCUT2D eigenvalue weighted by molar-refractivity contribution is 6.05. The first-order valence-corrected chi connectivity index (χ1v) is 11.8. The smallest absolute Gasteiger partial charge is 0.255 e. The molecule has 2 aromatic heterocycles. The number of anilines is 2. The largest absolute Gasteiger partial charge is 0.493 e. The Balaban J connectivity index is 1.17. The fraction of sp³-hybridized carbons (Fsp3) is 0.346. The van der Waals surface area contributed by atoms with Crippen LogP contribution in [-0.2, 0) is 6.54 Å². The van der Waals surface area contributed by atoms with Crippen LogP contribution in [-0.4, -0.2) is 48.9 Å². The Morgan fingerprint density at radius 1 is 1.11 bits per heavy atom. The van der Waals surface area contributed by atoms with Crippen molar-refractivity contribution in [3.63, 3.8) is 0 Å². The van der Waals surface area contributed by atoms with E-state index in [0.717, 1.165) is 37.6 Å². The van der Waals surface area contributed by atoms with Gasteiger partial charge in [0.1, 0.15) is 19.0 Å². The van der Waals surface area contributed by atoms with Crippen LogP contribution in [0, 0.1) is 5.92 Å². The minimum absolute atomic E-state index is 0.0829. The Labute approximate surface area is 202 Å². The molecular weight excluding hydrogens is 448 g/mol. The van der Waals surface area contributed by atoms with E-state index in [2.05, 4.69) is 21.3 Å². The summed E-state index contributed by atoms with van der Waals surface area (Å²) in [5, 5.41) is 2.90. The maximum Gasteiger partial charge on any atom is 0.255 e. The second-order valence-corrected chi connectivity index (χ2v) is 9.17. The van der Waals surface area contributed by atoms with Gasteiger partial charge in [-0.25, -0.2) is 4.98 Å². The number of hydrogen-bond acceptors (Lipinski definition) is 7. The molecule has 0 aliphatic carbocycles. The van der Waals surface area contributed by atoms with Crippen molar-refractivity contribution in [2.24, 2.45) is 5.92 Å². The van der Waals surface area contributed by atoms with Crippen molar-refractivity contribution in [1.82, 2.24) is 9.55 Å². The molecular formula is C26H26N4O5. The van der Waals surface area contributed by atoms with Crippen molar-refractivity contribution in [3.05, 3.63) is 70.3 Å². The molecule has 2 atom stereocenters. The molecule has 1 N–H and O–H groups in total. The van der Waals surface area contributed by atoms with Crippen LogP contribution in [0.2, 0.25) is 0 Å². The minimum Gasteiger partial charge on any atom is -0.493 e. The second kappa shape index (κ2) is 8.65. The van der Waals surface area contributed by atoms with Crippen molar-refractivity contribution >= 4 is 17.4 Å². The zero-order valence-electron chi connectivity index (χ0n) is 19.4. The number of aromatic nitrogens is 2. The van der Waals surface area contributed by atoms with Gasteiger partial charge in [-0.05, 0) is 42.7 Å². The first kappa shape index (κ1) is 21.5. The number of rotatable bonds is 4. The third-order valence-electron chi connectivity index (χ3n) is 6.90. The van der Waals surface area contributed by atoms with Gasteiger partial charge in [0.25, 0.3) is 11.5 Å². The van der Waals surface area contributed by atoms with Crippen molar-refractivity contribution in [2.45, 2.75) is 18.9 Å². The Morgan fingerprint density at radius 3 is 2.83 bits per heavy atom. The predicted octanol–water partition coefficient (Wildman–Crippen LogP) is 2.90. The van der Waals surface area contributed by atoms with Crippen molar-refractivity contribution in [1.29, 1.82) is 0 Å². The number of ether oxygens (including phenoxy) is 3. The molecule has 3 aliphatic rings. The van der Waals surface area contributed by atoms with Crippen LogP contribution in [0.15, 0.2) is 53.5 Å². The van der Waals surface area contributed by atoms with E-state index in [4.69, 9.17) is 14.2 Å². The maximum absolute atomic E-state index is 12.9. The number of carbonyl (C=O) groups excluding carboxylic acids is 1. The SMILES string of the molecule is COc1cc(C(=O)Nc2ccc(N3C[C@H]4C[C@@H](C3)c3cccc(=O)n3C4)nc2)cc2c1OCCO2. The van der Waals surface area contributed by atoms with E-state index >= 15 is 0 Å². The molecule has 0 radical (unpaired) electrons. The van der Waals surface area contributed by atoms with Gasteiger partial charge < -0.3 is 29.0 Å². The number of carbonyl (C=O) groups is 1. The van der Waals surface area contributed by atoms with E-state index in [1.54, 1.807) is 24.4 Å². The molecule has 9 heteroatoms. The number of nitrogens with zero attached hydrogens (tertiary/aromatic N) is 3. The summed E-state index contributed by atoms with van der Waals surface area (Å²) >= 11 is 0. The van der Waals surface area contributed by atoms with Gasteiger partial charge in [-0.3, -0.25) is 9.59 Å². The summed E-state index contributed by atoms with van der Waals surface area (Å²) in [5.41, 5.74) is 2.20. The fourth-order valence-corrected chi connectivity index (χ4v) is 5.34. The molecule has 3 aromatic rings. The number of hydrogen-bond donors (Lipinski definition) is 1. The molecule has 2 bridgehead atoms. The standard InChI is InChI=1S/C26H26N4O5/c1-33-21-10-17(11-22-25(21)35-8-7-34-22)26(32)28-19-5-6-23(27-12-19)29-13-16-9-18(15-29)20-3-2-4-24(31)30(20)14-16/h2-6,10-12,16,18H,7-9,13-15H2,1H3,(H,28,32)/t16-,18+/m1/s1. The van der Waals surface area contributed by atoms with E-state index in [-0.39, 0.29) is 11.5 Å². The maximum atomic E-state index is 12.9. The molecule has 9 nitrogen and oxygen atoms in total. The molecule has 180 valence electrons. The number of fused-ring (bicyclic) bond motifs is 5. The lowest BCUT2D eigenvalue weighted by atomic mass is 9.83. The molecule has 3 aliphatic heterocycles. The lowest BCUT2D eigenvalue weighted by Gasteiger charge is -2.43. The average Bonchev–Trinajstić information content (AvgIpc) is 2.89. The van der Waals surface area contributed by atoms with Gasteiger partial charge >= 0.3 is 0 Å². The molecule has 0 unspecified atom stereocenters. The lowest BCUT2D eigenvalue weighted by Crippen LogP contribution is -2.47. The van der Waals surface area contributed by atoms with Crippen LogP contribution in [0.4, 0.5) is 11.5 Å². The summed E-state index contributed by atoms with van der Waals surface area (Å²) < 4.78 is 18.5. The van der Waals surface area contributed by atoms with Gasteiger partial charge in [0.15, 0.2) is 11.5 Å². The molecule has 5 heterocycles. The van der Waals surface area contributed by atoms with E-state index in [1.807, 2.05) is 22.8 Å². The topological polar surface area (TPSA) is 94.9 Å². The number of amides is 1. The monoisotopic (exact) mass is 474 g/mol. The number of methoxy groups -OCH3 is 1. The van der Waals surface area contributed by atoms with Crippen LogP contribution in [0.25, 0.3) is 0 Å². The molecule has 1 fully saturated rings. The van der Waals surface area contributed by atoms with Gasteiger partial charge in [0, 0.05) is 42.9 Å². The number of benzene rings is 1. The first-order chi connectivity index (χ1) is 17.1. The summed E-state index contributed by atoms with van der Waals surface area (Å²) in [7, 11) is 1.53. The molecule has 35 heavy (non-hydrogen) atoms. The Kier molecular flexibility index (Phi) is 5.32. The highest BCUT2D eigenvalue weighted by atomic mass is 16.6. The third-order valence-corrected chi connectivity index (χ3v) is 6.90. The van der Waals surface area contributed by atoms with Crippen LogP contribution in [0.5, 0.6) is 17.2 Å². The van der Waals surface area contributed by atoms with Gasteiger partial charge in [-0.15, -0.1) is 0 Å². The highest BCUT2D eigenvalue weighted by Crippen LogP contribution is 2.40. The Morgan fingerprint density at radius 2 is 2.00 bits per heavy atom. The summed E-state index contributed by atoms with van der Waals surface area (Å²) in [6.45, 7) is 3.28. The molecule has 1 aromatic carbocycles. The van der Waals surface area contributed by atoms with Crippen LogP contribution in [0.1, 0.15) is 28.4 Å². The zero-order chi connectivity index (χ0) is 23.9. The van der Waals surface area contributed by atoms with E-state index in [0.29, 0.717) is 53.5 Å². The summed E-state index contributed by atoms with van der Waals surface area (Å²) in [6, 6.07) is 12.6. The molecule has 1 saturated heterocycles. The van der Waals surface area contributed by atoms with Crippen LogP contribution in [0.3, 0.4) is 0 Å². The van der Waals surface area contributed by atoms with Crippen LogP contribution >= 0.6 is 0 Å². The van der Waals surface area contributed by atoms with Crippen molar-refractivity contribution < 1.29 is 19.0 Å². The second-order valence-electron chi connectivity index (χ2n) is 9.17. The number of nitrogens with one attached hydrogen (secondary N) is 1. The lowest BCUT2D eigenvalue weighted by molar-refractivity contribution is 0.102. The van der Waals surface area contributed by atoms with E-state index in [9.17, 15) is 9.59 Å². The molecule has 1 amide bonds.